The highest BCUT2D eigenvalue weighted by molar-refractivity contribution is 5.66. The third kappa shape index (κ3) is 5.74. The van der Waals surface area contributed by atoms with Gasteiger partial charge in [-0.2, -0.15) is 18.9 Å². The predicted octanol–water partition coefficient (Wildman–Crippen LogP) is 5.55. The number of hydrogen-bond acceptors (Lipinski definition) is 9. The highest BCUT2D eigenvalue weighted by atomic mass is 19.3. The van der Waals surface area contributed by atoms with Crippen molar-refractivity contribution in [2.45, 2.75) is 52.1 Å². The van der Waals surface area contributed by atoms with Gasteiger partial charge in [-0.05, 0) is 50.5 Å². The number of benzene rings is 1. The summed E-state index contributed by atoms with van der Waals surface area (Å²) in [4.78, 5) is 17.6. The Hall–Kier alpha value is -4.42. The van der Waals surface area contributed by atoms with E-state index in [2.05, 4.69) is 25.0 Å². The van der Waals surface area contributed by atoms with Gasteiger partial charge in [0.05, 0.1) is 32.7 Å². The van der Waals surface area contributed by atoms with Crippen molar-refractivity contribution in [3.63, 3.8) is 0 Å². The third-order valence-electron chi connectivity index (χ3n) is 6.48. The molecule has 3 heterocycles. The smallest absolute Gasteiger partial charge is 0.288 e. The molecule has 0 unspecified atom stereocenters. The molecule has 0 saturated heterocycles. The van der Waals surface area contributed by atoms with Crippen LogP contribution >= 0.6 is 0 Å². The van der Waals surface area contributed by atoms with E-state index >= 15 is 4.39 Å². The summed E-state index contributed by atoms with van der Waals surface area (Å²) in [5.41, 5.74) is 1.56. The topological polar surface area (TPSA) is 106 Å². The van der Waals surface area contributed by atoms with Crippen LogP contribution in [0.2, 0.25) is 0 Å². The van der Waals surface area contributed by atoms with Crippen molar-refractivity contribution in [3.05, 3.63) is 59.2 Å². The van der Waals surface area contributed by atoms with E-state index in [9.17, 15) is 8.78 Å². The minimum Gasteiger partial charge on any atom is -0.491 e. The van der Waals surface area contributed by atoms with E-state index in [-0.39, 0.29) is 42.2 Å². The molecule has 0 N–H and O–H groups in total. The van der Waals surface area contributed by atoms with E-state index in [4.69, 9.17) is 18.9 Å². The van der Waals surface area contributed by atoms with Crippen LogP contribution in [0, 0.1) is 12.7 Å². The van der Waals surface area contributed by atoms with Crippen LogP contribution in [-0.2, 0) is 12.5 Å². The molecule has 3 aromatic heterocycles. The molecule has 0 radical (unpaired) electrons. The van der Waals surface area contributed by atoms with E-state index in [1.807, 2.05) is 0 Å². The number of halogens is 3. The van der Waals surface area contributed by atoms with Crippen molar-refractivity contribution in [2.75, 3.05) is 20.8 Å². The molecule has 5 rings (SSSR count). The Labute approximate surface area is 234 Å². The second kappa shape index (κ2) is 11.2. The quantitative estimate of drug-likeness (QED) is 0.229. The van der Waals surface area contributed by atoms with Gasteiger partial charge in [-0.3, -0.25) is 0 Å². The largest absolute Gasteiger partial charge is 0.491 e. The van der Waals surface area contributed by atoms with E-state index in [1.54, 1.807) is 19.9 Å². The number of ether oxygens (including phenoxy) is 4. The molecule has 1 fully saturated rings. The van der Waals surface area contributed by atoms with Crippen molar-refractivity contribution in [2.24, 2.45) is 0 Å². The fraction of sp³-hybridized carbons (Fsp3) is 0.393. The number of aromatic nitrogens is 6. The number of nitrogens with zero attached hydrogens (tertiary/aromatic N) is 6. The number of rotatable bonds is 11. The maximum Gasteiger partial charge on any atom is 0.288 e. The summed E-state index contributed by atoms with van der Waals surface area (Å²) in [5, 5.41) is 3.94. The molecule has 0 bridgehead atoms. The Kier molecular flexibility index (Phi) is 7.70. The molecule has 1 aliphatic rings. The van der Waals surface area contributed by atoms with Gasteiger partial charge in [-0.15, -0.1) is 0 Å². The minimum absolute atomic E-state index is 0.0747. The van der Waals surface area contributed by atoms with Gasteiger partial charge in [0.2, 0.25) is 5.88 Å². The van der Waals surface area contributed by atoms with Crippen LogP contribution in [0.1, 0.15) is 55.3 Å². The Morgan fingerprint density at radius 1 is 1.00 bits per heavy atom. The first kappa shape index (κ1) is 28.1. The summed E-state index contributed by atoms with van der Waals surface area (Å²) in [5.74, 6) is -2.49. The third-order valence-corrected chi connectivity index (χ3v) is 6.48. The van der Waals surface area contributed by atoms with E-state index in [1.165, 1.54) is 38.9 Å². The molecule has 0 aliphatic heterocycles. The first-order valence-electron chi connectivity index (χ1n) is 13.0. The minimum atomic E-state index is -3.18. The van der Waals surface area contributed by atoms with E-state index < -0.39 is 17.4 Å². The zero-order chi connectivity index (χ0) is 29.3. The van der Waals surface area contributed by atoms with Crippen LogP contribution in [0.4, 0.5) is 13.2 Å². The first-order valence-corrected chi connectivity index (χ1v) is 13.0. The Balaban J connectivity index is 1.47. The van der Waals surface area contributed by atoms with Crippen LogP contribution in [0.5, 0.6) is 23.3 Å². The summed E-state index contributed by atoms with van der Waals surface area (Å²) in [6.07, 6.45) is 4.91. The molecular formula is C28H29F3N6O4. The lowest BCUT2D eigenvalue weighted by Gasteiger charge is -2.16. The van der Waals surface area contributed by atoms with Gasteiger partial charge < -0.3 is 18.9 Å². The molecule has 0 spiro atoms. The lowest BCUT2D eigenvalue weighted by atomic mass is 10.1. The average molecular weight is 571 g/mol. The molecule has 41 heavy (non-hydrogen) atoms. The lowest BCUT2D eigenvalue weighted by molar-refractivity contribution is 0.0124. The predicted molar refractivity (Wildman–Crippen MR) is 141 cm³/mol. The van der Waals surface area contributed by atoms with Crippen LogP contribution < -0.4 is 18.9 Å². The zero-order valence-corrected chi connectivity index (χ0v) is 23.2. The number of hydrogen-bond donors (Lipinski definition) is 0. The average Bonchev–Trinajstić information content (AvgIpc) is 3.72. The van der Waals surface area contributed by atoms with Crippen molar-refractivity contribution < 1.29 is 32.1 Å². The van der Waals surface area contributed by atoms with Crippen molar-refractivity contribution >= 4 is 0 Å². The van der Waals surface area contributed by atoms with Gasteiger partial charge in [-0.1, -0.05) is 0 Å². The van der Waals surface area contributed by atoms with Crippen molar-refractivity contribution in [1.82, 2.24) is 29.7 Å². The second-order valence-corrected chi connectivity index (χ2v) is 9.60. The van der Waals surface area contributed by atoms with Gasteiger partial charge >= 0.3 is 0 Å². The molecule has 1 saturated carbocycles. The highest BCUT2D eigenvalue weighted by Gasteiger charge is 2.32. The summed E-state index contributed by atoms with van der Waals surface area (Å²) in [6.45, 7) is 4.13. The highest BCUT2D eigenvalue weighted by Crippen LogP contribution is 2.45. The maximum atomic E-state index is 15.5. The summed E-state index contributed by atoms with van der Waals surface area (Å²) in [7, 11) is 2.96. The van der Waals surface area contributed by atoms with Gasteiger partial charge in [0, 0.05) is 18.5 Å². The van der Waals surface area contributed by atoms with Gasteiger partial charge in [0.15, 0.2) is 17.4 Å². The van der Waals surface area contributed by atoms with Crippen LogP contribution in [-0.4, -0.2) is 50.5 Å². The molecule has 1 aliphatic carbocycles. The van der Waals surface area contributed by atoms with Crippen LogP contribution in [0.3, 0.4) is 0 Å². The Bertz CT molecular complexity index is 1570. The van der Waals surface area contributed by atoms with Gasteiger partial charge in [0.25, 0.3) is 11.8 Å². The SMILES string of the molecule is CCOc1cc(COc2nc(-c3c(OC)ncnc3C3CC3)ncc2OC)cc(F)c1-n1nc(C(C)(F)F)cc1C. The molecule has 10 nitrogen and oxygen atoms in total. The molecule has 13 heteroatoms. The molecule has 4 aromatic rings. The molecule has 216 valence electrons. The van der Waals surface area contributed by atoms with Crippen LogP contribution in [0.25, 0.3) is 17.1 Å². The normalized spacial score (nSPS) is 13.3. The summed E-state index contributed by atoms with van der Waals surface area (Å²) >= 11 is 0. The molecular weight excluding hydrogens is 541 g/mol. The Morgan fingerprint density at radius 2 is 1.78 bits per heavy atom. The fourth-order valence-electron chi connectivity index (χ4n) is 4.38. The van der Waals surface area contributed by atoms with E-state index in [0.717, 1.165) is 30.1 Å². The fourth-order valence-corrected chi connectivity index (χ4v) is 4.38. The summed E-state index contributed by atoms with van der Waals surface area (Å²) in [6, 6.07) is 4.02. The van der Waals surface area contributed by atoms with Gasteiger partial charge in [-0.25, -0.2) is 24.0 Å². The second-order valence-electron chi connectivity index (χ2n) is 9.60. The lowest BCUT2D eigenvalue weighted by Crippen LogP contribution is -2.11. The molecule has 0 atom stereocenters. The number of methoxy groups -OCH3 is 2. The Morgan fingerprint density at radius 3 is 2.41 bits per heavy atom. The van der Waals surface area contributed by atoms with Gasteiger partial charge in [0.1, 0.15) is 35.6 Å². The zero-order valence-electron chi connectivity index (χ0n) is 23.2. The maximum absolute atomic E-state index is 15.5. The van der Waals surface area contributed by atoms with E-state index in [0.29, 0.717) is 28.5 Å². The van der Waals surface area contributed by atoms with Crippen molar-refractivity contribution in [1.29, 1.82) is 0 Å². The van der Waals surface area contributed by atoms with Crippen molar-refractivity contribution in [3.8, 4) is 40.3 Å². The standard InChI is InChI=1S/C28H29F3N6O4/c1-6-40-19-11-16(10-18(29)24(19)37-15(2)9-21(36-37)28(3,30)31)13-41-26-20(38-4)12-32-25(35-26)22-23(17-7-8-17)33-14-34-27(22)39-5/h9-12,14,17H,6-8,13H2,1-5H3. The molecule has 1 aromatic carbocycles. The number of aryl methyl sites for hydroxylation is 1. The monoisotopic (exact) mass is 570 g/mol. The summed E-state index contributed by atoms with van der Waals surface area (Å²) < 4.78 is 66.9. The first-order chi connectivity index (χ1) is 19.6. The number of alkyl halides is 2. The molecule has 0 amide bonds. The van der Waals surface area contributed by atoms with Crippen LogP contribution in [0.15, 0.2) is 30.7 Å².